The fraction of sp³-hybridized carbons (Fsp3) is 0.509. The van der Waals surface area contributed by atoms with E-state index >= 15 is 0 Å². The largest absolute Gasteiger partial charge is 0.744 e. The number of carbonyl (C=O) groups excluding carboxylic acids is 3. The van der Waals surface area contributed by atoms with Gasteiger partial charge < -0.3 is 56.9 Å². The number of imide groups is 1. The summed E-state index contributed by atoms with van der Waals surface area (Å²) in [5, 5.41) is 0.459. The molecule has 4 aromatic rings. The number of benzene rings is 4. The highest BCUT2D eigenvalue weighted by Crippen LogP contribution is 2.54. The van der Waals surface area contributed by atoms with Crippen molar-refractivity contribution < 1.29 is 118 Å². The Morgan fingerprint density at radius 3 is 1.61 bits per heavy atom. The summed E-state index contributed by atoms with van der Waals surface area (Å²) in [6, 6.07) is 9.57. The topological polar surface area (TPSA) is 373 Å². The Bertz CT molecular complexity index is 3820. The normalized spacial score (nSPS) is 17.6. The number of hydroxylamine groups is 2. The minimum Gasteiger partial charge on any atom is -0.744 e. The van der Waals surface area contributed by atoms with Crippen molar-refractivity contribution in [2.24, 2.45) is 0 Å². The van der Waals surface area contributed by atoms with Crippen LogP contribution in [0.3, 0.4) is 0 Å². The molecule has 89 heavy (non-hydrogen) atoms. The molecule has 2 amide bonds. The number of methoxy groups -OCH3 is 2. The van der Waals surface area contributed by atoms with Crippen LogP contribution in [0.2, 0.25) is 0 Å². The summed E-state index contributed by atoms with van der Waals surface area (Å²) < 4.78 is 198. The van der Waals surface area contributed by atoms with Crippen LogP contribution in [0, 0.1) is 0 Å². The lowest BCUT2D eigenvalue weighted by atomic mass is 9.76. The maximum Gasteiger partial charge on any atom is 0.335 e. The molecular formula is C57H73N3O25S4. The summed E-state index contributed by atoms with van der Waals surface area (Å²) >= 11 is 0. The second-order valence-corrected chi connectivity index (χ2v) is 26.8. The Morgan fingerprint density at radius 2 is 1.08 bits per heavy atom. The summed E-state index contributed by atoms with van der Waals surface area (Å²) in [4.78, 5) is 38.7. The van der Waals surface area contributed by atoms with Crippen LogP contribution in [-0.4, -0.2) is 218 Å². The molecule has 3 N–H and O–H groups in total. The summed E-state index contributed by atoms with van der Waals surface area (Å²) in [5.74, 6) is -1.95. The Labute approximate surface area is 516 Å². The van der Waals surface area contributed by atoms with Gasteiger partial charge in [0.15, 0.2) is 12.3 Å². The van der Waals surface area contributed by atoms with E-state index < -0.39 is 88.7 Å². The van der Waals surface area contributed by atoms with E-state index in [9.17, 15) is 66.3 Å². The van der Waals surface area contributed by atoms with E-state index in [1.54, 1.807) is 51.3 Å². The zero-order valence-electron chi connectivity index (χ0n) is 49.7. The molecule has 1 atom stereocenters. The van der Waals surface area contributed by atoms with Crippen LogP contribution in [0.15, 0.2) is 92.0 Å². The number of anilines is 1. The van der Waals surface area contributed by atoms with Gasteiger partial charge in [-0.15, -0.1) is 5.06 Å². The standard InChI is InChI=1S/C57H73N3O25S4/c1-56(2)49(7-6-8-50-57(3,16-20-79-26-29-83-32-31-81-24-23-77-5)55-44-36-40(87(67,68)69)38-48(89(73,74)75)42(44)10-12-46(55)59(50)17-21-76-4)58(45-11-9-41-43(54(45)56)35-39(86(64,65)66)37-47(41)88(70,71)72)18-22-80-27-30-84-34-33-82-28-25-78-19-15-53(63)85-60-51(61)13-14-52(60)62/h6-12,35-38H,13-34H2,1-5H3,(H3-,64,65,66,67,68,69,70,71,72,73,74,75). The molecule has 3 aliphatic rings. The fourth-order valence-corrected chi connectivity index (χ4v) is 13.5. The molecule has 0 aromatic heterocycles. The molecule has 0 saturated carbocycles. The van der Waals surface area contributed by atoms with Gasteiger partial charge in [-0.3, -0.25) is 23.2 Å². The van der Waals surface area contributed by atoms with Crippen LogP contribution < -0.4 is 4.90 Å². The highest BCUT2D eigenvalue weighted by molar-refractivity contribution is 7.87. The van der Waals surface area contributed by atoms with Crippen molar-refractivity contribution in [1.82, 2.24) is 5.06 Å². The predicted molar refractivity (Wildman–Crippen MR) is 316 cm³/mol. The van der Waals surface area contributed by atoms with Gasteiger partial charge >= 0.3 is 5.97 Å². The maximum atomic E-state index is 13.0. The highest BCUT2D eigenvalue weighted by atomic mass is 32.2. The van der Waals surface area contributed by atoms with Gasteiger partial charge in [0.25, 0.3) is 42.2 Å². The van der Waals surface area contributed by atoms with E-state index in [4.69, 9.17) is 47.5 Å². The average molecular weight is 1330 g/mol. The van der Waals surface area contributed by atoms with Crippen molar-refractivity contribution in [2.45, 2.75) is 76.9 Å². The minimum absolute atomic E-state index is 0.0180. The minimum atomic E-state index is -5.32. The fourth-order valence-electron chi connectivity index (χ4n) is 10.8. The summed E-state index contributed by atoms with van der Waals surface area (Å²) in [6.07, 6.45) is 5.25. The van der Waals surface area contributed by atoms with Crippen LogP contribution in [0.25, 0.3) is 21.5 Å². The molecule has 1 fully saturated rings. The monoisotopic (exact) mass is 1330 g/mol. The zero-order chi connectivity index (χ0) is 65.0. The molecule has 490 valence electrons. The first-order valence-corrected chi connectivity index (χ1v) is 33.8. The summed E-state index contributed by atoms with van der Waals surface area (Å²) in [5.41, 5.74) is 0.620. The van der Waals surface area contributed by atoms with E-state index in [0.717, 1.165) is 12.1 Å². The Balaban J connectivity index is 1.17. The van der Waals surface area contributed by atoms with E-state index in [-0.39, 0.29) is 146 Å². The zero-order valence-corrected chi connectivity index (χ0v) is 53.0. The summed E-state index contributed by atoms with van der Waals surface area (Å²) in [6.45, 7) is 8.82. The molecule has 3 aliphatic heterocycles. The lowest BCUT2D eigenvalue weighted by Gasteiger charge is -2.31. The number of allylic oxidation sites excluding steroid dienone is 4. The Kier molecular flexibility index (Phi) is 24.3. The van der Waals surface area contributed by atoms with Crippen molar-refractivity contribution >= 4 is 96.9 Å². The van der Waals surface area contributed by atoms with Gasteiger partial charge in [0.2, 0.25) is 5.69 Å². The van der Waals surface area contributed by atoms with Gasteiger partial charge in [-0.2, -0.15) is 29.8 Å². The SMILES string of the molecule is COCCOCCOCCOCCC1(C)C(=CC=CC2=[N+](CCOCCOCCOCCOCCC(=O)ON3C(=O)CCC3=O)c3ccc4c(S(=O)(=O)[O-])cc(S(=O)(=O)O)cc4c3C2(C)C)N(CCOC)c2ccc3c(S(=O)(=O)O)cc(S(=O)(=O)O)cc3c21. The third kappa shape index (κ3) is 17.4. The highest BCUT2D eigenvalue weighted by Gasteiger charge is 2.48. The molecule has 1 saturated heterocycles. The molecule has 7 rings (SSSR count). The second kappa shape index (κ2) is 30.6. The molecule has 32 heteroatoms. The van der Waals surface area contributed by atoms with Crippen LogP contribution in [0.4, 0.5) is 11.4 Å². The lowest BCUT2D eigenvalue weighted by Crippen LogP contribution is -2.32. The second-order valence-electron chi connectivity index (χ2n) is 21.2. The van der Waals surface area contributed by atoms with Gasteiger partial charge in [-0.1, -0.05) is 12.1 Å². The predicted octanol–water partition coefficient (Wildman–Crippen LogP) is 4.03. The quantitative estimate of drug-likeness (QED) is 0.0248. The number of ether oxygens (including phenoxy) is 9. The molecule has 0 aliphatic carbocycles. The van der Waals surface area contributed by atoms with Crippen LogP contribution in [0.5, 0.6) is 0 Å². The van der Waals surface area contributed by atoms with Gasteiger partial charge in [0.05, 0.1) is 119 Å². The molecule has 0 bridgehead atoms. The number of fused-ring (bicyclic) bond motifs is 6. The van der Waals surface area contributed by atoms with Crippen molar-refractivity contribution in [2.75, 3.05) is 138 Å². The van der Waals surface area contributed by atoms with Gasteiger partial charge in [-0.05, 0) is 86.0 Å². The maximum absolute atomic E-state index is 13.0. The van der Waals surface area contributed by atoms with Crippen LogP contribution >= 0.6 is 0 Å². The number of hydrogen-bond acceptors (Lipinski definition) is 23. The van der Waals surface area contributed by atoms with E-state index in [2.05, 4.69) is 0 Å². The molecular weight excluding hydrogens is 1250 g/mol. The molecule has 0 spiro atoms. The van der Waals surface area contributed by atoms with Gasteiger partial charge in [-0.25, -0.2) is 13.2 Å². The smallest absolute Gasteiger partial charge is 0.335 e. The molecule has 28 nitrogen and oxygen atoms in total. The van der Waals surface area contributed by atoms with Crippen LogP contribution in [-0.2, 0) is 113 Å². The van der Waals surface area contributed by atoms with E-state index in [1.165, 1.54) is 19.2 Å². The first-order chi connectivity index (χ1) is 42.0. The molecule has 0 radical (unpaired) electrons. The third-order valence-corrected chi connectivity index (χ3v) is 18.4. The average Bonchev–Trinajstić information content (AvgIpc) is 1.62. The van der Waals surface area contributed by atoms with E-state index in [1.807, 2.05) is 16.4 Å². The van der Waals surface area contributed by atoms with Crippen LogP contribution in [0.1, 0.15) is 57.6 Å². The van der Waals surface area contributed by atoms with Crippen molar-refractivity contribution in [3.63, 3.8) is 0 Å². The first kappa shape index (κ1) is 70.7. The molecule has 3 heterocycles. The first-order valence-electron chi connectivity index (χ1n) is 28.1. The number of carbonyl (C=O) groups is 3. The number of amides is 2. The van der Waals surface area contributed by atoms with Crippen molar-refractivity contribution in [3.05, 3.63) is 83.6 Å². The molecule has 1 unspecified atom stereocenters. The third-order valence-electron chi connectivity index (χ3n) is 15.0. The number of rotatable bonds is 37. The van der Waals surface area contributed by atoms with E-state index in [0.29, 0.717) is 70.9 Å². The Morgan fingerprint density at radius 1 is 0.596 bits per heavy atom. The number of nitrogens with zero attached hydrogens (tertiary/aromatic N) is 3. The van der Waals surface area contributed by atoms with Gasteiger partial charge in [0.1, 0.15) is 21.6 Å². The van der Waals surface area contributed by atoms with Crippen molar-refractivity contribution in [1.29, 1.82) is 0 Å². The lowest BCUT2D eigenvalue weighted by molar-refractivity contribution is -0.442. The number of hydrogen-bond donors (Lipinski definition) is 3. The Hall–Kier alpha value is -5.76. The summed E-state index contributed by atoms with van der Waals surface area (Å²) in [7, 11) is -17.5. The van der Waals surface area contributed by atoms with Crippen molar-refractivity contribution in [3.8, 4) is 0 Å². The van der Waals surface area contributed by atoms with Gasteiger partial charge in [0, 0.05) is 85.5 Å². The molecule has 4 aromatic carbocycles.